The Morgan fingerprint density at radius 1 is 0.263 bits per heavy atom. The standard InChI is InChI=1S/C74H128O6/c1-4-7-10-13-16-19-22-24-26-28-30-32-33-34-35-36-37-38-39-40-41-43-44-46-48-50-52-55-58-61-64-67-73(76)79-70-71(69-78-72(75)66-63-60-57-54-21-18-15-12-9-6-3)80-74(77)68-65-62-59-56-53-51-49-47-45-42-31-29-27-25-23-20-17-14-11-8-5-2/h7,10,16,19,23-26,29-32,34-35,37-38,71H,4-6,8-9,11-15,17-18,20-22,27-28,33,36,39-70H2,1-3H3/b10-7-,19-16-,25-23-,26-24-,31-29-,32-30-,35-34-,38-37-. The minimum Gasteiger partial charge on any atom is -0.462 e. The normalized spacial score (nSPS) is 12.7. The molecule has 0 aromatic heterocycles. The van der Waals surface area contributed by atoms with Gasteiger partial charge in [-0.25, -0.2) is 0 Å². The van der Waals surface area contributed by atoms with Crippen LogP contribution in [0.25, 0.3) is 0 Å². The molecule has 6 nitrogen and oxygen atoms in total. The summed E-state index contributed by atoms with van der Waals surface area (Å²) in [5.41, 5.74) is 0. The van der Waals surface area contributed by atoms with Gasteiger partial charge in [-0.05, 0) is 103 Å². The predicted octanol–water partition coefficient (Wildman–Crippen LogP) is 23.6. The number of carbonyl (C=O) groups excluding carboxylic acids is 3. The van der Waals surface area contributed by atoms with E-state index in [-0.39, 0.29) is 31.1 Å². The van der Waals surface area contributed by atoms with Crippen LogP contribution in [0.1, 0.15) is 335 Å². The zero-order chi connectivity index (χ0) is 57.8. The Morgan fingerprint density at radius 3 is 0.762 bits per heavy atom. The lowest BCUT2D eigenvalue weighted by molar-refractivity contribution is -0.167. The average molecular weight is 1110 g/mol. The van der Waals surface area contributed by atoms with E-state index in [4.69, 9.17) is 14.2 Å². The molecule has 1 atom stereocenters. The van der Waals surface area contributed by atoms with Crippen LogP contribution in [-0.4, -0.2) is 37.2 Å². The molecule has 0 N–H and O–H groups in total. The fourth-order valence-corrected chi connectivity index (χ4v) is 9.71. The molecule has 0 fully saturated rings. The Balaban J connectivity index is 4.20. The van der Waals surface area contributed by atoms with E-state index in [2.05, 4.69) is 118 Å². The SMILES string of the molecule is CC/C=C\C/C=C\C/C=C\C/C=C\C/C=C\C/C=C\CCCCCCCCCCCCCCC(=O)OCC(COC(=O)CCCCCCCCCCCC)OC(=O)CCCCCCCCCCC/C=C\C/C=C\CCCCCCC. The van der Waals surface area contributed by atoms with Gasteiger partial charge in [0.1, 0.15) is 13.2 Å². The van der Waals surface area contributed by atoms with Crippen LogP contribution < -0.4 is 0 Å². The quantitative estimate of drug-likeness (QED) is 0.0261. The summed E-state index contributed by atoms with van der Waals surface area (Å²) in [6, 6.07) is 0. The molecule has 0 aliphatic rings. The topological polar surface area (TPSA) is 78.9 Å². The van der Waals surface area contributed by atoms with Crippen molar-refractivity contribution in [1.29, 1.82) is 0 Å². The molecule has 0 aromatic carbocycles. The van der Waals surface area contributed by atoms with Gasteiger partial charge >= 0.3 is 17.9 Å². The third-order valence-electron chi connectivity index (χ3n) is 14.8. The Hall–Kier alpha value is -3.67. The zero-order valence-corrected chi connectivity index (χ0v) is 52.8. The summed E-state index contributed by atoms with van der Waals surface area (Å²) >= 11 is 0. The number of hydrogen-bond donors (Lipinski definition) is 0. The molecule has 0 saturated heterocycles. The van der Waals surface area contributed by atoms with Crippen molar-refractivity contribution >= 4 is 17.9 Å². The second kappa shape index (κ2) is 67.8. The van der Waals surface area contributed by atoms with E-state index in [1.165, 1.54) is 193 Å². The summed E-state index contributed by atoms with van der Waals surface area (Å²) in [5.74, 6) is -0.870. The molecule has 0 amide bonds. The Morgan fingerprint density at radius 2 is 0.487 bits per heavy atom. The van der Waals surface area contributed by atoms with Gasteiger partial charge in [0.15, 0.2) is 6.10 Å². The molecular weight excluding hydrogens is 985 g/mol. The summed E-state index contributed by atoms with van der Waals surface area (Å²) in [4.78, 5) is 38.3. The van der Waals surface area contributed by atoms with Gasteiger partial charge in [0.05, 0.1) is 0 Å². The van der Waals surface area contributed by atoms with E-state index in [9.17, 15) is 14.4 Å². The van der Waals surface area contributed by atoms with E-state index in [0.717, 1.165) is 103 Å². The second-order valence-electron chi connectivity index (χ2n) is 22.7. The maximum atomic E-state index is 12.9. The number of carbonyl (C=O) groups is 3. The van der Waals surface area contributed by atoms with Crippen LogP contribution in [0.5, 0.6) is 0 Å². The third-order valence-corrected chi connectivity index (χ3v) is 14.8. The molecular formula is C74H128O6. The molecule has 0 spiro atoms. The van der Waals surface area contributed by atoms with Crippen LogP contribution in [-0.2, 0) is 28.6 Å². The lowest BCUT2D eigenvalue weighted by Crippen LogP contribution is -2.30. The minimum atomic E-state index is -0.779. The first-order valence-corrected chi connectivity index (χ1v) is 34.2. The number of ether oxygens (including phenoxy) is 3. The maximum Gasteiger partial charge on any atom is 0.306 e. The number of unbranched alkanes of at least 4 members (excludes halogenated alkanes) is 35. The first kappa shape index (κ1) is 76.3. The second-order valence-corrected chi connectivity index (χ2v) is 22.7. The first-order valence-electron chi connectivity index (χ1n) is 34.2. The van der Waals surface area contributed by atoms with Crippen LogP contribution in [0.15, 0.2) is 97.2 Å². The Kier molecular flexibility index (Phi) is 64.7. The van der Waals surface area contributed by atoms with Gasteiger partial charge in [-0.1, -0.05) is 311 Å². The molecule has 0 aromatic rings. The van der Waals surface area contributed by atoms with Crippen LogP contribution in [0.2, 0.25) is 0 Å². The molecule has 460 valence electrons. The van der Waals surface area contributed by atoms with E-state index in [1.54, 1.807) is 0 Å². The molecule has 0 radical (unpaired) electrons. The van der Waals surface area contributed by atoms with Crippen molar-refractivity contribution in [3.05, 3.63) is 97.2 Å². The highest BCUT2D eigenvalue weighted by Gasteiger charge is 2.19. The van der Waals surface area contributed by atoms with Crippen molar-refractivity contribution in [2.24, 2.45) is 0 Å². The van der Waals surface area contributed by atoms with Crippen molar-refractivity contribution in [2.45, 2.75) is 341 Å². The van der Waals surface area contributed by atoms with Crippen molar-refractivity contribution < 1.29 is 28.6 Å². The van der Waals surface area contributed by atoms with E-state index >= 15 is 0 Å². The first-order chi connectivity index (χ1) is 39.5. The van der Waals surface area contributed by atoms with Crippen LogP contribution >= 0.6 is 0 Å². The lowest BCUT2D eigenvalue weighted by atomic mass is 10.0. The fraction of sp³-hybridized carbons (Fsp3) is 0.743. The average Bonchev–Trinajstić information content (AvgIpc) is 3.46. The summed E-state index contributed by atoms with van der Waals surface area (Å²) in [6.07, 6.45) is 91.4. The smallest absolute Gasteiger partial charge is 0.306 e. The largest absolute Gasteiger partial charge is 0.462 e. The highest BCUT2D eigenvalue weighted by Crippen LogP contribution is 2.17. The maximum absolute atomic E-state index is 12.9. The van der Waals surface area contributed by atoms with Gasteiger partial charge in [0.25, 0.3) is 0 Å². The zero-order valence-electron chi connectivity index (χ0n) is 52.8. The van der Waals surface area contributed by atoms with E-state index in [1.807, 2.05) is 0 Å². The lowest BCUT2D eigenvalue weighted by Gasteiger charge is -2.18. The van der Waals surface area contributed by atoms with Gasteiger partial charge in [-0.2, -0.15) is 0 Å². The Labute approximate surface area is 496 Å². The molecule has 0 saturated carbocycles. The Bertz CT molecular complexity index is 1560. The highest BCUT2D eigenvalue weighted by molar-refractivity contribution is 5.71. The van der Waals surface area contributed by atoms with Crippen LogP contribution in [0.4, 0.5) is 0 Å². The van der Waals surface area contributed by atoms with Crippen LogP contribution in [0, 0.1) is 0 Å². The number of allylic oxidation sites excluding steroid dienone is 16. The van der Waals surface area contributed by atoms with Gasteiger partial charge < -0.3 is 14.2 Å². The van der Waals surface area contributed by atoms with Gasteiger partial charge in [0, 0.05) is 19.3 Å². The van der Waals surface area contributed by atoms with Gasteiger partial charge in [-0.15, -0.1) is 0 Å². The van der Waals surface area contributed by atoms with Crippen molar-refractivity contribution in [2.75, 3.05) is 13.2 Å². The highest BCUT2D eigenvalue weighted by atomic mass is 16.6. The van der Waals surface area contributed by atoms with Gasteiger partial charge in [0.2, 0.25) is 0 Å². The molecule has 0 bridgehead atoms. The number of hydrogen-bond acceptors (Lipinski definition) is 6. The molecule has 0 heterocycles. The van der Waals surface area contributed by atoms with E-state index in [0.29, 0.717) is 19.3 Å². The molecule has 0 aliphatic carbocycles. The van der Waals surface area contributed by atoms with Crippen molar-refractivity contribution in [3.63, 3.8) is 0 Å². The summed E-state index contributed by atoms with van der Waals surface area (Å²) < 4.78 is 16.9. The molecule has 0 rings (SSSR count). The van der Waals surface area contributed by atoms with Crippen LogP contribution in [0.3, 0.4) is 0 Å². The molecule has 0 aliphatic heterocycles. The summed E-state index contributed by atoms with van der Waals surface area (Å²) in [7, 11) is 0. The monoisotopic (exact) mass is 1110 g/mol. The molecule has 1 unspecified atom stereocenters. The van der Waals surface area contributed by atoms with E-state index < -0.39 is 6.10 Å². The van der Waals surface area contributed by atoms with Gasteiger partial charge in [-0.3, -0.25) is 14.4 Å². The third kappa shape index (κ3) is 65.1. The predicted molar refractivity (Wildman–Crippen MR) is 348 cm³/mol. The summed E-state index contributed by atoms with van der Waals surface area (Å²) in [6.45, 7) is 6.53. The molecule has 80 heavy (non-hydrogen) atoms. The number of rotatable bonds is 62. The van der Waals surface area contributed by atoms with Crippen molar-refractivity contribution in [3.8, 4) is 0 Å². The van der Waals surface area contributed by atoms with Crippen molar-refractivity contribution in [1.82, 2.24) is 0 Å². The minimum absolute atomic E-state index is 0.0758. The number of esters is 3. The fourth-order valence-electron chi connectivity index (χ4n) is 9.71. The molecule has 6 heteroatoms. The summed E-state index contributed by atoms with van der Waals surface area (Å²) in [5, 5.41) is 0.